The van der Waals surface area contributed by atoms with Gasteiger partial charge < -0.3 is 15.1 Å². The van der Waals surface area contributed by atoms with Gasteiger partial charge in [0.15, 0.2) is 5.69 Å². The van der Waals surface area contributed by atoms with Gasteiger partial charge in [-0.1, -0.05) is 13.3 Å². The molecular formula is C12H19N3O3. The minimum atomic E-state index is -1.07. The van der Waals surface area contributed by atoms with Gasteiger partial charge in [0.2, 0.25) is 5.95 Å². The van der Waals surface area contributed by atoms with Crippen molar-refractivity contribution in [3.05, 3.63) is 17.5 Å². The first-order chi connectivity index (χ1) is 8.58. The van der Waals surface area contributed by atoms with Crippen LogP contribution in [0.5, 0.6) is 0 Å². The van der Waals surface area contributed by atoms with Crippen molar-refractivity contribution >= 4 is 11.9 Å². The van der Waals surface area contributed by atoms with E-state index in [4.69, 9.17) is 10.2 Å². The van der Waals surface area contributed by atoms with E-state index < -0.39 is 5.97 Å². The molecule has 0 aliphatic carbocycles. The minimum absolute atomic E-state index is 0.0105. The summed E-state index contributed by atoms with van der Waals surface area (Å²) in [5.41, 5.74) is 0.591. The lowest BCUT2D eigenvalue weighted by Crippen LogP contribution is -2.30. The number of aliphatic hydroxyl groups excluding tert-OH is 1. The zero-order chi connectivity index (χ0) is 13.5. The number of hydrogen-bond acceptors (Lipinski definition) is 5. The molecule has 0 fully saturated rings. The van der Waals surface area contributed by atoms with E-state index in [1.165, 1.54) is 6.07 Å². The summed E-state index contributed by atoms with van der Waals surface area (Å²) in [6.07, 6.45) is 1.96. The maximum atomic E-state index is 10.9. The Hall–Kier alpha value is -1.69. The lowest BCUT2D eigenvalue weighted by Gasteiger charge is -2.21. The molecule has 0 saturated carbocycles. The number of aromatic nitrogens is 2. The molecule has 0 aromatic carbocycles. The van der Waals surface area contributed by atoms with Gasteiger partial charge in [0.05, 0.1) is 6.61 Å². The highest BCUT2D eigenvalue weighted by Crippen LogP contribution is 2.11. The number of rotatable bonds is 7. The summed E-state index contributed by atoms with van der Waals surface area (Å²) in [6, 6.07) is 1.43. The van der Waals surface area contributed by atoms with Crippen molar-refractivity contribution in [2.24, 2.45) is 0 Å². The molecule has 0 aliphatic rings. The molecule has 1 aromatic rings. The first kappa shape index (κ1) is 14.4. The maximum Gasteiger partial charge on any atom is 0.354 e. The van der Waals surface area contributed by atoms with Crippen molar-refractivity contribution in [1.82, 2.24) is 9.97 Å². The molecule has 6 nitrogen and oxygen atoms in total. The van der Waals surface area contributed by atoms with Crippen LogP contribution in [-0.4, -0.2) is 45.8 Å². The van der Waals surface area contributed by atoms with Gasteiger partial charge in [0.25, 0.3) is 0 Å². The van der Waals surface area contributed by atoms with Crippen LogP contribution in [0.2, 0.25) is 0 Å². The molecule has 1 rings (SSSR count). The highest BCUT2D eigenvalue weighted by atomic mass is 16.4. The molecule has 1 aromatic heterocycles. The third kappa shape index (κ3) is 3.96. The van der Waals surface area contributed by atoms with Crippen molar-refractivity contribution in [2.45, 2.75) is 26.7 Å². The molecule has 6 heteroatoms. The summed E-state index contributed by atoms with van der Waals surface area (Å²) in [6.45, 7) is 4.90. The van der Waals surface area contributed by atoms with Gasteiger partial charge in [-0.3, -0.25) is 0 Å². The Morgan fingerprint density at radius 1 is 1.39 bits per heavy atom. The summed E-state index contributed by atoms with van der Waals surface area (Å²) in [5, 5.41) is 18.0. The Kier molecular flexibility index (Phi) is 5.51. The molecule has 0 radical (unpaired) electrons. The third-order valence-electron chi connectivity index (χ3n) is 2.50. The first-order valence-electron chi connectivity index (χ1n) is 6.03. The molecule has 0 unspecified atom stereocenters. The summed E-state index contributed by atoms with van der Waals surface area (Å²) in [5.74, 6) is -0.698. The lowest BCUT2D eigenvalue weighted by molar-refractivity contribution is 0.0690. The normalized spacial score (nSPS) is 10.4. The SMILES string of the molecule is CCCCN(CCO)c1nc(C)cc(C(=O)O)n1. The number of carboxylic acids is 1. The van der Waals surface area contributed by atoms with Crippen LogP contribution in [-0.2, 0) is 0 Å². The smallest absolute Gasteiger partial charge is 0.354 e. The number of aromatic carboxylic acids is 1. The monoisotopic (exact) mass is 253 g/mol. The Bertz CT molecular complexity index is 410. The Labute approximate surface area is 106 Å². The molecule has 18 heavy (non-hydrogen) atoms. The van der Waals surface area contributed by atoms with Crippen LogP contribution < -0.4 is 4.90 Å². The van der Waals surface area contributed by atoms with Gasteiger partial charge in [-0.15, -0.1) is 0 Å². The highest BCUT2D eigenvalue weighted by molar-refractivity contribution is 5.85. The third-order valence-corrected chi connectivity index (χ3v) is 2.50. The Morgan fingerprint density at radius 2 is 2.11 bits per heavy atom. The molecule has 0 saturated heterocycles. The largest absolute Gasteiger partial charge is 0.477 e. The number of nitrogens with zero attached hydrogens (tertiary/aromatic N) is 3. The second-order valence-corrected chi connectivity index (χ2v) is 4.06. The van der Waals surface area contributed by atoms with Crippen LogP contribution in [0.3, 0.4) is 0 Å². The molecule has 0 amide bonds. The van der Waals surface area contributed by atoms with Crippen LogP contribution in [0.15, 0.2) is 6.07 Å². The van der Waals surface area contributed by atoms with E-state index >= 15 is 0 Å². The number of aryl methyl sites for hydroxylation is 1. The molecular weight excluding hydrogens is 234 g/mol. The fourth-order valence-corrected chi connectivity index (χ4v) is 1.59. The van der Waals surface area contributed by atoms with E-state index in [9.17, 15) is 4.79 Å². The summed E-state index contributed by atoms with van der Waals surface area (Å²) in [7, 11) is 0. The van der Waals surface area contributed by atoms with Crippen LogP contribution in [0.1, 0.15) is 35.9 Å². The van der Waals surface area contributed by atoms with Crippen molar-refractivity contribution < 1.29 is 15.0 Å². The standard InChI is InChI=1S/C12H19N3O3/c1-3-4-5-15(6-7-16)12-13-9(2)8-10(14-12)11(17)18/h8,16H,3-7H2,1-2H3,(H,17,18). The second kappa shape index (κ2) is 6.90. The van der Waals surface area contributed by atoms with Crippen molar-refractivity contribution in [3.63, 3.8) is 0 Å². The minimum Gasteiger partial charge on any atom is -0.477 e. The van der Waals surface area contributed by atoms with Crippen LogP contribution in [0.25, 0.3) is 0 Å². The topological polar surface area (TPSA) is 86.5 Å². The van der Waals surface area contributed by atoms with Crippen LogP contribution in [0, 0.1) is 6.92 Å². The van der Waals surface area contributed by atoms with Crippen molar-refractivity contribution in [2.75, 3.05) is 24.6 Å². The Balaban J connectivity index is 2.98. The van der Waals surface area contributed by atoms with Gasteiger partial charge in [-0.2, -0.15) is 0 Å². The number of anilines is 1. The van der Waals surface area contributed by atoms with E-state index in [0.29, 0.717) is 24.7 Å². The highest BCUT2D eigenvalue weighted by Gasteiger charge is 2.13. The molecule has 1 heterocycles. The fourth-order valence-electron chi connectivity index (χ4n) is 1.59. The molecule has 2 N–H and O–H groups in total. The number of unbranched alkanes of at least 4 members (excludes halogenated alkanes) is 1. The molecule has 100 valence electrons. The maximum absolute atomic E-state index is 10.9. The van der Waals surface area contributed by atoms with Crippen molar-refractivity contribution in [3.8, 4) is 0 Å². The van der Waals surface area contributed by atoms with Gasteiger partial charge in [0, 0.05) is 18.8 Å². The summed E-state index contributed by atoms with van der Waals surface area (Å²) < 4.78 is 0. The van der Waals surface area contributed by atoms with Gasteiger partial charge >= 0.3 is 5.97 Å². The van der Waals surface area contributed by atoms with Gasteiger partial charge in [-0.05, 0) is 19.4 Å². The van der Waals surface area contributed by atoms with Crippen molar-refractivity contribution in [1.29, 1.82) is 0 Å². The molecule has 0 aliphatic heterocycles. The lowest BCUT2D eigenvalue weighted by atomic mass is 10.3. The fraction of sp³-hybridized carbons (Fsp3) is 0.583. The number of carboxylic acid groups (broad SMARTS) is 1. The number of aliphatic hydroxyl groups is 1. The number of hydrogen-bond donors (Lipinski definition) is 2. The second-order valence-electron chi connectivity index (χ2n) is 4.06. The zero-order valence-corrected chi connectivity index (χ0v) is 10.8. The van der Waals surface area contributed by atoms with Crippen LogP contribution >= 0.6 is 0 Å². The van der Waals surface area contributed by atoms with E-state index in [1.54, 1.807) is 6.92 Å². The van der Waals surface area contributed by atoms with Crippen LogP contribution in [0.4, 0.5) is 5.95 Å². The summed E-state index contributed by atoms with van der Waals surface area (Å²) in [4.78, 5) is 21.0. The predicted octanol–water partition coefficient (Wildman–Crippen LogP) is 1.08. The van der Waals surface area contributed by atoms with E-state index in [0.717, 1.165) is 12.8 Å². The Morgan fingerprint density at radius 3 is 2.67 bits per heavy atom. The van der Waals surface area contributed by atoms with Gasteiger partial charge in [0.1, 0.15) is 0 Å². The molecule has 0 atom stereocenters. The quantitative estimate of drug-likeness (QED) is 0.756. The average Bonchev–Trinajstić information content (AvgIpc) is 2.33. The number of carbonyl (C=O) groups is 1. The van der Waals surface area contributed by atoms with E-state index in [-0.39, 0.29) is 12.3 Å². The van der Waals surface area contributed by atoms with E-state index in [1.807, 2.05) is 4.90 Å². The predicted molar refractivity (Wildman–Crippen MR) is 67.9 cm³/mol. The summed E-state index contributed by atoms with van der Waals surface area (Å²) >= 11 is 0. The van der Waals surface area contributed by atoms with E-state index in [2.05, 4.69) is 16.9 Å². The zero-order valence-electron chi connectivity index (χ0n) is 10.8. The average molecular weight is 253 g/mol. The first-order valence-corrected chi connectivity index (χ1v) is 6.03. The van der Waals surface area contributed by atoms with Gasteiger partial charge in [-0.25, -0.2) is 14.8 Å². The molecule has 0 bridgehead atoms. The molecule has 0 spiro atoms.